The standard InChI is InChI=1S/C6H13N3O2/c1-11-6(10)5(8)4-9-3-2-7/h8-9H,2-4,7H2,1H3. The molecule has 0 aliphatic heterocycles. The number of carbonyl (C=O) groups is 1. The summed E-state index contributed by atoms with van der Waals surface area (Å²) in [5.74, 6) is -0.602. The highest BCUT2D eigenvalue weighted by molar-refractivity contribution is 6.35. The lowest BCUT2D eigenvalue weighted by Gasteiger charge is -2.02. The van der Waals surface area contributed by atoms with E-state index >= 15 is 0 Å². The van der Waals surface area contributed by atoms with Gasteiger partial charge in [-0.05, 0) is 0 Å². The van der Waals surface area contributed by atoms with Gasteiger partial charge in [0, 0.05) is 19.6 Å². The second-order valence-electron chi connectivity index (χ2n) is 1.94. The van der Waals surface area contributed by atoms with Gasteiger partial charge >= 0.3 is 5.97 Å². The van der Waals surface area contributed by atoms with E-state index in [4.69, 9.17) is 11.1 Å². The van der Waals surface area contributed by atoms with E-state index in [2.05, 4.69) is 10.1 Å². The van der Waals surface area contributed by atoms with Gasteiger partial charge in [-0.15, -0.1) is 0 Å². The molecule has 0 aromatic carbocycles. The Morgan fingerprint density at radius 2 is 2.36 bits per heavy atom. The average Bonchev–Trinajstić information content (AvgIpc) is 2.03. The minimum Gasteiger partial charge on any atom is -0.465 e. The molecule has 0 unspecified atom stereocenters. The summed E-state index contributed by atoms with van der Waals surface area (Å²) >= 11 is 0. The van der Waals surface area contributed by atoms with Crippen molar-refractivity contribution in [2.45, 2.75) is 0 Å². The summed E-state index contributed by atoms with van der Waals surface area (Å²) in [5, 5.41) is 9.89. The maximum atomic E-state index is 10.6. The molecule has 0 aromatic heterocycles. The molecule has 0 aliphatic rings. The number of rotatable bonds is 5. The molecule has 0 aromatic rings. The Morgan fingerprint density at radius 1 is 1.73 bits per heavy atom. The number of hydrogen-bond acceptors (Lipinski definition) is 5. The van der Waals surface area contributed by atoms with Crippen LogP contribution in [0.1, 0.15) is 0 Å². The van der Waals surface area contributed by atoms with Crippen molar-refractivity contribution in [1.29, 1.82) is 5.41 Å². The van der Waals surface area contributed by atoms with Crippen LogP contribution >= 0.6 is 0 Å². The van der Waals surface area contributed by atoms with Crippen molar-refractivity contribution in [3.05, 3.63) is 0 Å². The summed E-state index contributed by atoms with van der Waals surface area (Å²) in [6, 6.07) is 0. The molecule has 0 rings (SSSR count). The van der Waals surface area contributed by atoms with E-state index in [9.17, 15) is 4.79 Å². The van der Waals surface area contributed by atoms with Gasteiger partial charge in [-0.25, -0.2) is 4.79 Å². The Bertz CT molecular complexity index is 147. The van der Waals surface area contributed by atoms with E-state index < -0.39 is 5.97 Å². The Morgan fingerprint density at radius 3 is 2.82 bits per heavy atom. The van der Waals surface area contributed by atoms with Crippen LogP contribution < -0.4 is 11.1 Å². The monoisotopic (exact) mass is 159 g/mol. The highest BCUT2D eigenvalue weighted by atomic mass is 16.5. The van der Waals surface area contributed by atoms with Gasteiger partial charge < -0.3 is 15.8 Å². The van der Waals surface area contributed by atoms with Gasteiger partial charge in [0.2, 0.25) is 0 Å². The second-order valence-corrected chi connectivity index (χ2v) is 1.94. The number of methoxy groups -OCH3 is 1. The molecule has 0 atom stereocenters. The van der Waals surface area contributed by atoms with E-state index in [1.807, 2.05) is 0 Å². The predicted molar refractivity (Wildman–Crippen MR) is 41.7 cm³/mol. The predicted octanol–water partition coefficient (Wildman–Crippen LogP) is -1.27. The van der Waals surface area contributed by atoms with Crippen molar-refractivity contribution in [1.82, 2.24) is 5.32 Å². The summed E-state index contributed by atoms with van der Waals surface area (Å²) in [4.78, 5) is 10.6. The van der Waals surface area contributed by atoms with Gasteiger partial charge in [0.1, 0.15) is 5.71 Å². The van der Waals surface area contributed by atoms with E-state index in [-0.39, 0.29) is 12.3 Å². The van der Waals surface area contributed by atoms with Crippen LogP contribution in [0.4, 0.5) is 0 Å². The molecule has 64 valence electrons. The van der Waals surface area contributed by atoms with Crippen LogP contribution in [0.3, 0.4) is 0 Å². The van der Waals surface area contributed by atoms with E-state index in [1.165, 1.54) is 7.11 Å². The summed E-state index contributed by atoms with van der Waals surface area (Å²) in [5.41, 5.74) is 5.09. The topological polar surface area (TPSA) is 88.2 Å². The third kappa shape index (κ3) is 4.46. The van der Waals surface area contributed by atoms with Crippen molar-refractivity contribution in [3.63, 3.8) is 0 Å². The number of hydrogen-bond donors (Lipinski definition) is 3. The third-order valence-corrected chi connectivity index (χ3v) is 1.05. The third-order valence-electron chi connectivity index (χ3n) is 1.05. The molecule has 5 nitrogen and oxygen atoms in total. The lowest BCUT2D eigenvalue weighted by molar-refractivity contribution is -0.132. The highest BCUT2D eigenvalue weighted by Gasteiger charge is 2.06. The van der Waals surface area contributed by atoms with Crippen LogP contribution in [-0.2, 0) is 9.53 Å². The normalized spacial score (nSPS) is 9.27. The summed E-state index contributed by atoms with van der Waals surface area (Å²) in [6.45, 7) is 1.30. The number of nitrogens with one attached hydrogen (secondary N) is 2. The first-order valence-electron chi connectivity index (χ1n) is 3.29. The largest absolute Gasteiger partial charge is 0.465 e. The first-order valence-corrected chi connectivity index (χ1v) is 3.29. The summed E-state index contributed by atoms with van der Waals surface area (Å²) in [7, 11) is 1.25. The number of nitrogens with two attached hydrogens (primary N) is 1. The molecule has 0 saturated carbocycles. The zero-order valence-electron chi connectivity index (χ0n) is 6.52. The zero-order chi connectivity index (χ0) is 8.69. The quantitative estimate of drug-likeness (QED) is 0.265. The molecule has 0 saturated heterocycles. The lowest BCUT2D eigenvalue weighted by Crippen LogP contribution is -2.32. The van der Waals surface area contributed by atoms with Crippen LogP contribution in [0.25, 0.3) is 0 Å². The van der Waals surface area contributed by atoms with Gasteiger partial charge in [0.25, 0.3) is 0 Å². The van der Waals surface area contributed by atoms with Gasteiger partial charge in [-0.2, -0.15) is 0 Å². The Kier molecular flexibility index (Phi) is 5.32. The smallest absolute Gasteiger partial charge is 0.353 e. The Balaban J connectivity index is 3.44. The molecule has 0 amide bonds. The van der Waals surface area contributed by atoms with Crippen molar-refractivity contribution < 1.29 is 9.53 Å². The van der Waals surface area contributed by atoms with E-state index in [1.54, 1.807) is 0 Å². The molecule has 0 fully saturated rings. The number of ether oxygens (including phenoxy) is 1. The lowest BCUT2D eigenvalue weighted by atomic mass is 10.4. The second kappa shape index (κ2) is 5.82. The fourth-order valence-corrected chi connectivity index (χ4v) is 0.511. The van der Waals surface area contributed by atoms with Crippen LogP contribution in [0.2, 0.25) is 0 Å². The van der Waals surface area contributed by atoms with Crippen molar-refractivity contribution >= 4 is 11.7 Å². The first kappa shape index (κ1) is 10.1. The average molecular weight is 159 g/mol. The molecule has 0 radical (unpaired) electrons. The fourth-order valence-electron chi connectivity index (χ4n) is 0.511. The molecule has 11 heavy (non-hydrogen) atoms. The molecule has 0 bridgehead atoms. The first-order chi connectivity index (χ1) is 5.22. The zero-order valence-corrected chi connectivity index (χ0v) is 6.52. The Hall–Kier alpha value is -0.940. The SMILES string of the molecule is COC(=O)C(=N)CNCCN. The van der Waals surface area contributed by atoms with Gasteiger partial charge in [0.05, 0.1) is 7.11 Å². The van der Waals surface area contributed by atoms with Crippen molar-refractivity contribution in [3.8, 4) is 0 Å². The molecule has 0 spiro atoms. The highest BCUT2D eigenvalue weighted by Crippen LogP contribution is 1.76. The van der Waals surface area contributed by atoms with Gasteiger partial charge in [-0.3, -0.25) is 5.41 Å². The molecule has 0 heterocycles. The van der Waals surface area contributed by atoms with Crippen molar-refractivity contribution in [2.75, 3.05) is 26.7 Å². The molecule has 0 aliphatic carbocycles. The Labute approximate surface area is 65.4 Å². The van der Waals surface area contributed by atoms with Crippen LogP contribution in [0.5, 0.6) is 0 Å². The number of esters is 1. The van der Waals surface area contributed by atoms with Crippen molar-refractivity contribution in [2.24, 2.45) is 5.73 Å². The van der Waals surface area contributed by atoms with Crippen LogP contribution in [-0.4, -0.2) is 38.4 Å². The van der Waals surface area contributed by atoms with E-state index in [0.717, 1.165) is 0 Å². The van der Waals surface area contributed by atoms with Gasteiger partial charge in [0.15, 0.2) is 0 Å². The van der Waals surface area contributed by atoms with E-state index in [0.29, 0.717) is 13.1 Å². The minimum atomic E-state index is -0.602. The summed E-state index contributed by atoms with van der Waals surface area (Å²) < 4.78 is 4.31. The minimum absolute atomic E-state index is 0.0825. The fraction of sp³-hybridized carbons (Fsp3) is 0.667. The van der Waals surface area contributed by atoms with Gasteiger partial charge in [-0.1, -0.05) is 0 Å². The molecular weight excluding hydrogens is 146 g/mol. The molecule has 4 N–H and O–H groups in total. The maximum absolute atomic E-state index is 10.6. The molecular formula is C6H13N3O2. The van der Waals surface area contributed by atoms with Crippen LogP contribution in [0.15, 0.2) is 0 Å². The maximum Gasteiger partial charge on any atom is 0.353 e. The molecule has 5 heteroatoms. The van der Waals surface area contributed by atoms with Crippen LogP contribution in [0, 0.1) is 5.41 Å². The number of carbonyl (C=O) groups excluding carboxylic acids is 1. The summed E-state index contributed by atoms with van der Waals surface area (Å²) in [6.07, 6.45) is 0.